The summed E-state index contributed by atoms with van der Waals surface area (Å²) in [5, 5.41) is 0. The molecule has 0 radical (unpaired) electrons. The Morgan fingerprint density at radius 2 is 2.00 bits per heavy atom. The van der Waals surface area contributed by atoms with E-state index in [1.54, 1.807) is 24.3 Å². The average molecular weight is 233 g/mol. The molecule has 5 nitrogen and oxygen atoms in total. The normalized spacial score (nSPS) is 19.1. The second-order valence-electron chi connectivity index (χ2n) is 3.50. The van der Waals surface area contributed by atoms with Crippen LogP contribution in [0.25, 0.3) is 0 Å². The molecule has 0 spiro atoms. The van der Waals surface area contributed by atoms with Crippen LogP contribution in [0.3, 0.4) is 0 Å². The SMILES string of the molecule is COC(=O)C1=C(N)O[C@@H](c2ccccc2)C1=O. The Labute approximate surface area is 97.8 Å². The van der Waals surface area contributed by atoms with E-state index in [4.69, 9.17) is 10.5 Å². The number of carbonyl (C=O) groups excluding carboxylic acids is 2. The quantitative estimate of drug-likeness (QED) is 0.600. The standard InChI is InChI=1S/C12H11NO4/c1-16-12(15)8-9(14)10(17-11(8)13)7-5-3-2-4-6-7/h2-6,10H,13H2,1H3/t10-/m0/s1. The molecule has 2 rings (SSSR count). The third-order valence-corrected chi connectivity index (χ3v) is 2.47. The molecule has 0 saturated carbocycles. The fourth-order valence-electron chi connectivity index (χ4n) is 1.64. The highest BCUT2D eigenvalue weighted by Crippen LogP contribution is 2.31. The van der Waals surface area contributed by atoms with Crippen LogP contribution in [-0.2, 0) is 19.1 Å². The number of nitrogens with two attached hydrogens (primary N) is 1. The van der Waals surface area contributed by atoms with Gasteiger partial charge >= 0.3 is 5.97 Å². The zero-order valence-electron chi connectivity index (χ0n) is 9.17. The molecule has 0 aromatic heterocycles. The van der Waals surface area contributed by atoms with Crippen molar-refractivity contribution in [2.45, 2.75) is 6.10 Å². The van der Waals surface area contributed by atoms with E-state index in [2.05, 4.69) is 4.74 Å². The van der Waals surface area contributed by atoms with E-state index in [1.165, 1.54) is 7.11 Å². The van der Waals surface area contributed by atoms with Gasteiger partial charge in [-0.3, -0.25) is 4.79 Å². The molecular formula is C12H11NO4. The summed E-state index contributed by atoms with van der Waals surface area (Å²) in [6.07, 6.45) is -0.856. The van der Waals surface area contributed by atoms with Crippen LogP contribution in [-0.4, -0.2) is 18.9 Å². The Balaban J connectivity index is 2.30. The molecule has 88 valence electrons. The van der Waals surface area contributed by atoms with Crippen molar-refractivity contribution in [3.8, 4) is 0 Å². The van der Waals surface area contributed by atoms with E-state index < -0.39 is 17.9 Å². The molecule has 1 aliphatic rings. The fourth-order valence-corrected chi connectivity index (χ4v) is 1.64. The number of carbonyl (C=O) groups is 2. The smallest absolute Gasteiger partial charge is 0.347 e. The van der Waals surface area contributed by atoms with Gasteiger partial charge in [-0.1, -0.05) is 30.3 Å². The van der Waals surface area contributed by atoms with Gasteiger partial charge in [0.25, 0.3) is 0 Å². The Hall–Kier alpha value is -2.30. The van der Waals surface area contributed by atoms with Crippen LogP contribution in [0.4, 0.5) is 0 Å². The molecule has 1 atom stereocenters. The first kappa shape index (κ1) is 11.2. The maximum absolute atomic E-state index is 12.0. The Morgan fingerprint density at radius 1 is 1.35 bits per heavy atom. The highest BCUT2D eigenvalue weighted by Gasteiger charge is 2.39. The first-order valence-electron chi connectivity index (χ1n) is 4.99. The lowest BCUT2D eigenvalue weighted by Crippen LogP contribution is -2.16. The molecule has 0 fully saturated rings. The minimum atomic E-state index is -0.856. The van der Waals surface area contributed by atoms with Gasteiger partial charge in [-0.2, -0.15) is 0 Å². The van der Waals surface area contributed by atoms with Gasteiger partial charge in [0.2, 0.25) is 11.7 Å². The number of ketones is 1. The summed E-state index contributed by atoms with van der Waals surface area (Å²) in [7, 11) is 1.19. The lowest BCUT2D eigenvalue weighted by atomic mass is 10.0. The maximum Gasteiger partial charge on any atom is 0.347 e. The number of Topliss-reactive ketones (excluding diaryl/α,β-unsaturated/α-hetero) is 1. The largest absolute Gasteiger partial charge is 0.465 e. The molecule has 0 amide bonds. The maximum atomic E-state index is 12.0. The van der Waals surface area contributed by atoms with Crippen molar-refractivity contribution in [3.63, 3.8) is 0 Å². The van der Waals surface area contributed by atoms with Gasteiger partial charge in [0.15, 0.2) is 11.7 Å². The minimum Gasteiger partial charge on any atom is -0.465 e. The van der Waals surface area contributed by atoms with E-state index in [1.807, 2.05) is 6.07 Å². The Morgan fingerprint density at radius 3 is 2.59 bits per heavy atom. The summed E-state index contributed by atoms with van der Waals surface area (Å²) < 4.78 is 9.68. The molecule has 1 heterocycles. The van der Waals surface area contributed by atoms with Crippen molar-refractivity contribution in [1.29, 1.82) is 0 Å². The summed E-state index contributed by atoms with van der Waals surface area (Å²) in [6, 6.07) is 8.84. The second kappa shape index (κ2) is 4.29. The van der Waals surface area contributed by atoms with E-state index in [-0.39, 0.29) is 11.5 Å². The molecule has 17 heavy (non-hydrogen) atoms. The topological polar surface area (TPSA) is 78.6 Å². The first-order chi connectivity index (χ1) is 8.15. The van der Waals surface area contributed by atoms with Gasteiger partial charge in [-0.15, -0.1) is 0 Å². The van der Waals surface area contributed by atoms with Crippen molar-refractivity contribution in [2.24, 2.45) is 5.73 Å². The summed E-state index contributed by atoms with van der Waals surface area (Å²) in [5.41, 5.74) is 5.94. The molecule has 2 N–H and O–H groups in total. The van der Waals surface area contributed by atoms with Crippen LogP contribution in [0.15, 0.2) is 41.8 Å². The molecule has 0 bridgehead atoms. The molecular weight excluding hydrogens is 222 g/mol. The van der Waals surface area contributed by atoms with Crippen molar-refractivity contribution in [2.75, 3.05) is 7.11 Å². The number of methoxy groups -OCH3 is 1. The highest BCUT2D eigenvalue weighted by molar-refractivity contribution is 6.20. The monoisotopic (exact) mass is 233 g/mol. The molecule has 0 saturated heterocycles. The number of rotatable bonds is 2. The van der Waals surface area contributed by atoms with Gasteiger partial charge in [-0.25, -0.2) is 4.79 Å². The minimum absolute atomic E-state index is 0.185. The summed E-state index contributed by atoms with van der Waals surface area (Å²) in [5.74, 6) is -1.43. The lowest BCUT2D eigenvalue weighted by molar-refractivity contribution is -0.138. The van der Waals surface area contributed by atoms with Gasteiger partial charge in [0.1, 0.15) is 0 Å². The van der Waals surface area contributed by atoms with E-state index in [9.17, 15) is 9.59 Å². The first-order valence-corrected chi connectivity index (χ1v) is 4.99. The zero-order valence-corrected chi connectivity index (χ0v) is 9.17. The number of ether oxygens (including phenoxy) is 2. The van der Waals surface area contributed by atoms with Crippen LogP contribution in [0.5, 0.6) is 0 Å². The van der Waals surface area contributed by atoms with Crippen LogP contribution in [0.2, 0.25) is 0 Å². The summed E-state index contributed by atoms with van der Waals surface area (Å²) in [6.45, 7) is 0. The molecule has 0 unspecified atom stereocenters. The van der Waals surface area contributed by atoms with Crippen LogP contribution < -0.4 is 5.73 Å². The van der Waals surface area contributed by atoms with E-state index in [0.29, 0.717) is 5.56 Å². The molecule has 1 aliphatic heterocycles. The van der Waals surface area contributed by atoms with Gasteiger partial charge < -0.3 is 15.2 Å². The Kier molecular flexibility index (Phi) is 2.82. The molecule has 1 aromatic carbocycles. The lowest BCUT2D eigenvalue weighted by Gasteiger charge is -2.09. The van der Waals surface area contributed by atoms with E-state index in [0.717, 1.165) is 0 Å². The van der Waals surface area contributed by atoms with Gasteiger partial charge in [0.05, 0.1) is 7.11 Å². The Bertz CT molecular complexity index is 492. The molecule has 1 aromatic rings. The van der Waals surface area contributed by atoms with Gasteiger partial charge in [0, 0.05) is 5.56 Å². The second-order valence-corrected chi connectivity index (χ2v) is 3.50. The third-order valence-electron chi connectivity index (χ3n) is 2.47. The fraction of sp³-hybridized carbons (Fsp3) is 0.167. The predicted molar refractivity (Wildman–Crippen MR) is 58.5 cm³/mol. The average Bonchev–Trinajstić information content (AvgIpc) is 2.65. The molecule has 0 aliphatic carbocycles. The van der Waals surface area contributed by atoms with Crippen LogP contribution in [0.1, 0.15) is 11.7 Å². The van der Waals surface area contributed by atoms with Crippen molar-refractivity contribution >= 4 is 11.8 Å². The highest BCUT2D eigenvalue weighted by atomic mass is 16.5. The van der Waals surface area contributed by atoms with Crippen molar-refractivity contribution in [3.05, 3.63) is 47.4 Å². The number of hydrogen-bond acceptors (Lipinski definition) is 5. The molecule has 5 heteroatoms. The predicted octanol–water partition coefficient (Wildman–Crippen LogP) is 0.670. The summed E-state index contributed by atoms with van der Waals surface area (Å²) >= 11 is 0. The number of hydrogen-bond donors (Lipinski definition) is 1. The van der Waals surface area contributed by atoms with Gasteiger partial charge in [-0.05, 0) is 0 Å². The number of benzene rings is 1. The van der Waals surface area contributed by atoms with Crippen molar-refractivity contribution < 1.29 is 19.1 Å². The summed E-state index contributed by atoms with van der Waals surface area (Å²) in [4.78, 5) is 23.3. The van der Waals surface area contributed by atoms with Crippen molar-refractivity contribution in [1.82, 2.24) is 0 Å². The van der Waals surface area contributed by atoms with Crippen LogP contribution in [0, 0.1) is 0 Å². The van der Waals surface area contributed by atoms with Crippen LogP contribution >= 0.6 is 0 Å². The number of esters is 1. The zero-order chi connectivity index (χ0) is 12.4. The van der Waals surface area contributed by atoms with E-state index >= 15 is 0 Å². The third kappa shape index (κ3) is 1.87.